The third kappa shape index (κ3) is 2.33. The zero-order valence-electron chi connectivity index (χ0n) is 12.5. The summed E-state index contributed by atoms with van der Waals surface area (Å²) in [5, 5.41) is 16.6. The molecule has 1 aliphatic rings. The molecule has 1 atom stereocenters. The topological polar surface area (TPSA) is 105 Å². The molecule has 0 amide bonds. The zero-order chi connectivity index (χ0) is 15.8. The van der Waals surface area contributed by atoms with Crippen LogP contribution in [0.5, 0.6) is 0 Å². The number of nitrogen functional groups attached to an aromatic ring is 1. The van der Waals surface area contributed by atoms with Gasteiger partial charge in [0.1, 0.15) is 18.2 Å². The number of hydrogen-bond donors (Lipinski definition) is 2. The predicted molar refractivity (Wildman–Crippen MR) is 84.7 cm³/mol. The lowest BCUT2D eigenvalue weighted by molar-refractivity contribution is 0.455. The first-order valence-electron chi connectivity index (χ1n) is 7.60. The maximum Gasteiger partial charge on any atom is 0.203 e. The highest BCUT2D eigenvalue weighted by atomic mass is 16.3. The molecule has 3 aromatic heterocycles. The molecule has 1 unspecified atom stereocenters. The summed E-state index contributed by atoms with van der Waals surface area (Å²) in [6.45, 7) is 1.97. The van der Waals surface area contributed by atoms with E-state index in [0.717, 1.165) is 42.8 Å². The van der Waals surface area contributed by atoms with Crippen molar-refractivity contribution in [3.05, 3.63) is 36.0 Å². The molecule has 0 aliphatic carbocycles. The van der Waals surface area contributed by atoms with Gasteiger partial charge in [-0.2, -0.15) is 14.9 Å². The van der Waals surface area contributed by atoms with Gasteiger partial charge < -0.3 is 15.5 Å². The summed E-state index contributed by atoms with van der Waals surface area (Å²) in [5.74, 6) is 1.18. The molecule has 0 aromatic carbocycles. The number of fused-ring (bicyclic) bond motifs is 1. The highest BCUT2D eigenvalue weighted by molar-refractivity contribution is 5.78. The summed E-state index contributed by atoms with van der Waals surface area (Å²) in [4.78, 5) is 4.79. The first-order chi connectivity index (χ1) is 11.3. The van der Waals surface area contributed by atoms with E-state index < -0.39 is 0 Å². The van der Waals surface area contributed by atoms with E-state index in [-0.39, 0.29) is 5.76 Å². The molecule has 4 heterocycles. The quantitative estimate of drug-likeness (QED) is 0.749. The first-order valence-corrected chi connectivity index (χ1v) is 7.60. The van der Waals surface area contributed by atoms with Crippen molar-refractivity contribution in [2.75, 3.05) is 18.8 Å². The third-order valence-electron chi connectivity index (χ3n) is 4.25. The van der Waals surface area contributed by atoms with Crippen LogP contribution in [0.3, 0.4) is 0 Å². The normalized spacial score (nSPS) is 18.1. The molecule has 7 heteroatoms. The molecule has 0 spiro atoms. The number of furan rings is 1. The third-order valence-corrected chi connectivity index (χ3v) is 4.25. The van der Waals surface area contributed by atoms with E-state index in [2.05, 4.69) is 10.4 Å². The average Bonchev–Trinajstić information content (AvgIpc) is 3.22. The molecule has 3 N–H and O–H groups in total. The second-order valence-electron chi connectivity index (χ2n) is 5.75. The van der Waals surface area contributed by atoms with Gasteiger partial charge in [-0.15, -0.1) is 0 Å². The Hall–Kier alpha value is -2.85. The van der Waals surface area contributed by atoms with Crippen molar-refractivity contribution in [3.8, 4) is 17.2 Å². The number of anilines is 1. The van der Waals surface area contributed by atoms with Gasteiger partial charge in [-0.05, 0) is 19.4 Å². The largest absolute Gasteiger partial charge is 0.453 e. The molecule has 23 heavy (non-hydrogen) atoms. The standard InChI is InChI=1S/C16H16N6O/c17-6-12-4-11(9-23-12)13-8-20-22-15(18)5-14(21-16(13)22)10-2-1-3-19-7-10/h4-5,8-10,19H,1-3,7,18H2. The zero-order valence-corrected chi connectivity index (χ0v) is 12.5. The van der Waals surface area contributed by atoms with Crippen LogP contribution in [0.1, 0.15) is 30.2 Å². The molecule has 116 valence electrons. The van der Waals surface area contributed by atoms with Crippen molar-refractivity contribution >= 4 is 11.5 Å². The molecular weight excluding hydrogens is 292 g/mol. The number of hydrogen-bond acceptors (Lipinski definition) is 6. The van der Waals surface area contributed by atoms with E-state index in [9.17, 15) is 0 Å². The van der Waals surface area contributed by atoms with Gasteiger partial charge in [-0.3, -0.25) is 0 Å². The predicted octanol–water partition coefficient (Wildman–Crippen LogP) is 1.91. The average molecular weight is 308 g/mol. The van der Waals surface area contributed by atoms with Crippen LogP contribution in [-0.2, 0) is 0 Å². The van der Waals surface area contributed by atoms with Gasteiger partial charge in [0.05, 0.1) is 11.9 Å². The smallest absolute Gasteiger partial charge is 0.203 e. The van der Waals surface area contributed by atoms with E-state index in [1.807, 2.05) is 12.1 Å². The van der Waals surface area contributed by atoms with Crippen LogP contribution in [0.2, 0.25) is 0 Å². The fourth-order valence-corrected chi connectivity index (χ4v) is 3.06. The lowest BCUT2D eigenvalue weighted by Crippen LogP contribution is -2.29. The van der Waals surface area contributed by atoms with Crippen LogP contribution in [0.15, 0.2) is 29.0 Å². The van der Waals surface area contributed by atoms with Crippen LogP contribution in [0.25, 0.3) is 16.8 Å². The number of piperidine rings is 1. The Kier molecular flexibility index (Phi) is 3.24. The molecule has 0 saturated carbocycles. The minimum atomic E-state index is 0.264. The lowest BCUT2D eigenvalue weighted by atomic mass is 9.96. The van der Waals surface area contributed by atoms with Gasteiger partial charge in [0.25, 0.3) is 0 Å². The minimum absolute atomic E-state index is 0.264. The Morgan fingerprint density at radius 2 is 2.35 bits per heavy atom. The maximum atomic E-state index is 8.91. The van der Waals surface area contributed by atoms with Gasteiger partial charge in [-0.25, -0.2) is 4.98 Å². The number of aromatic nitrogens is 3. The molecule has 1 fully saturated rings. The number of nitrogens with one attached hydrogen (secondary N) is 1. The molecule has 4 rings (SSSR count). The first kappa shape index (κ1) is 13.8. The van der Waals surface area contributed by atoms with Gasteiger partial charge in [-0.1, -0.05) is 0 Å². The van der Waals surface area contributed by atoms with Gasteiger partial charge >= 0.3 is 0 Å². The van der Waals surface area contributed by atoms with Crippen molar-refractivity contribution in [3.63, 3.8) is 0 Å². The van der Waals surface area contributed by atoms with Crippen LogP contribution < -0.4 is 11.1 Å². The summed E-state index contributed by atoms with van der Waals surface area (Å²) in [6, 6.07) is 5.57. The second-order valence-corrected chi connectivity index (χ2v) is 5.75. The Morgan fingerprint density at radius 3 is 3.09 bits per heavy atom. The van der Waals surface area contributed by atoms with Crippen molar-refractivity contribution in [1.82, 2.24) is 19.9 Å². The minimum Gasteiger partial charge on any atom is -0.453 e. The van der Waals surface area contributed by atoms with Crippen molar-refractivity contribution in [1.29, 1.82) is 5.26 Å². The highest BCUT2D eigenvalue weighted by Crippen LogP contribution is 2.29. The molecular formula is C16H16N6O. The molecule has 0 bridgehead atoms. The monoisotopic (exact) mass is 308 g/mol. The van der Waals surface area contributed by atoms with E-state index in [1.54, 1.807) is 23.0 Å². The van der Waals surface area contributed by atoms with Crippen LogP contribution in [-0.4, -0.2) is 27.7 Å². The number of rotatable bonds is 2. The van der Waals surface area contributed by atoms with E-state index >= 15 is 0 Å². The number of nitriles is 1. The van der Waals surface area contributed by atoms with Crippen molar-refractivity contribution in [2.24, 2.45) is 0 Å². The Bertz CT molecular complexity index is 897. The van der Waals surface area contributed by atoms with E-state index in [0.29, 0.717) is 17.4 Å². The lowest BCUT2D eigenvalue weighted by Gasteiger charge is -2.22. The SMILES string of the molecule is N#Cc1cc(-c2cnn3c(N)cc(C4CCCNC4)nc23)co1. The molecule has 0 radical (unpaired) electrons. The van der Waals surface area contributed by atoms with Gasteiger partial charge in [0.15, 0.2) is 5.65 Å². The molecule has 1 saturated heterocycles. The summed E-state index contributed by atoms with van der Waals surface area (Å²) in [6.07, 6.45) is 5.48. The van der Waals surface area contributed by atoms with Crippen molar-refractivity contribution in [2.45, 2.75) is 18.8 Å². The summed E-state index contributed by atoms with van der Waals surface area (Å²) < 4.78 is 6.82. The van der Waals surface area contributed by atoms with Gasteiger partial charge in [0.2, 0.25) is 5.76 Å². The van der Waals surface area contributed by atoms with Crippen LogP contribution in [0, 0.1) is 11.3 Å². The molecule has 1 aliphatic heterocycles. The fourth-order valence-electron chi connectivity index (χ4n) is 3.06. The van der Waals surface area contributed by atoms with Crippen LogP contribution >= 0.6 is 0 Å². The summed E-state index contributed by atoms with van der Waals surface area (Å²) in [7, 11) is 0. The maximum absolute atomic E-state index is 8.91. The molecule has 7 nitrogen and oxygen atoms in total. The van der Waals surface area contributed by atoms with E-state index in [4.69, 9.17) is 20.4 Å². The molecule has 3 aromatic rings. The number of nitrogens with two attached hydrogens (primary N) is 1. The van der Waals surface area contributed by atoms with E-state index in [1.165, 1.54) is 0 Å². The Morgan fingerprint density at radius 1 is 1.43 bits per heavy atom. The van der Waals surface area contributed by atoms with Crippen molar-refractivity contribution < 1.29 is 4.42 Å². The number of nitrogens with zero attached hydrogens (tertiary/aromatic N) is 4. The second kappa shape index (κ2) is 5.41. The highest BCUT2D eigenvalue weighted by Gasteiger charge is 2.20. The fraction of sp³-hybridized carbons (Fsp3) is 0.312. The Balaban J connectivity index is 1.83. The van der Waals surface area contributed by atoms with Crippen LogP contribution in [0.4, 0.5) is 5.82 Å². The summed E-state index contributed by atoms with van der Waals surface area (Å²) >= 11 is 0. The van der Waals surface area contributed by atoms with Gasteiger partial charge in [0, 0.05) is 35.7 Å². The summed E-state index contributed by atoms with van der Waals surface area (Å²) in [5.41, 5.74) is 9.41. The Labute approximate surface area is 132 Å².